The van der Waals surface area contributed by atoms with Gasteiger partial charge in [0, 0.05) is 58.0 Å². The lowest BCUT2D eigenvalue weighted by atomic mass is 10.0. The number of fused-ring (bicyclic) bond motifs is 2. The molecule has 146 valence electrons. The minimum atomic E-state index is -0.0431. The van der Waals surface area contributed by atoms with Gasteiger partial charge in [-0.2, -0.15) is 0 Å². The summed E-state index contributed by atoms with van der Waals surface area (Å²) in [6.07, 6.45) is 2.77. The van der Waals surface area contributed by atoms with E-state index in [1.807, 2.05) is 24.3 Å². The Labute approximate surface area is 175 Å². The average Bonchev–Trinajstić information content (AvgIpc) is 3.10. The second-order valence-electron chi connectivity index (χ2n) is 7.43. The molecule has 1 aliphatic heterocycles. The highest BCUT2D eigenvalue weighted by Crippen LogP contribution is 2.25. The van der Waals surface area contributed by atoms with Crippen LogP contribution in [0, 0.1) is 0 Å². The molecule has 0 spiro atoms. The summed E-state index contributed by atoms with van der Waals surface area (Å²) in [7, 11) is 0. The third-order valence-electron chi connectivity index (χ3n) is 5.46. The fourth-order valence-electron chi connectivity index (χ4n) is 3.94. The Morgan fingerprint density at radius 2 is 2.00 bits per heavy atom. The zero-order chi connectivity index (χ0) is 20.0. The van der Waals surface area contributed by atoms with Crippen molar-refractivity contribution in [3.05, 3.63) is 80.3 Å². The molecule has 0 aliphatic carbocycles. The monoisotopic (exact) mass is 449 g/mol. The van der Waals surface area contributed by atoms with Gasteiger partial charge in [0.1, 0.15) is 5.82 Å². The largest absolute Gasteiger partial charge is 0.399 e. The summed E-state index contributed by atoms with van der Waals surface area (Å²) in [6.45, 7) is 2.30. The molecule has 0 atom stereocenters. The lowest BCUT2D eigenvalue weighted by Gasteiger charge is -2.27. The SMILES string of the molecule is Nc1ccc(-c2nc3c(c(=O)[nH]2)CCN(Cc2c[nH]c4cc(Br)ccc24)C3)cc1. The summed E-state index contributed by atoms with van der Waals surface area (Å²) in [5.41, 5.74) is 11.3. The third-order valence-corrected chi connectivity index (χ3v) is 5.95. The van der Waals surface area contributed by atoms with Gasteiger partial charge in [-0.3, -0.25) is 9.69 Å². The number of rotatable bonds is 3. The van der Waals surface area contributed by atoms with Crippen LogP contribution >= 0.6 is 15.9 Å². The Morgan fingerprint density at radius 3 is 2.83 bits per heavy atom. The van der Waals surface area contributed by atoms with Crippen LogP contribution in [0.4, 0.5) is 5.69 Å². The van der Waals surface area contributed by atoms with Crippen molar-refractivity contribution in [1.82, 2.24) is 19.9 Å². The molecule has 2 aromatic heterocycles. The van der Waals surface area contributed by atoms with Crippen LogP contribution in [0.15, 0.2) is 57.9 Å². The van der Waals surface area contributed by atoms with E-state index in [0.29, 0.717) is 24.5 Å². The second-order valence-corrected chi connectivity index (χ2v) is 8.34. The standard InChI is InChI=1S/C22H20BrN5O/c23-15-3-6-17-14(10-25-19(17)9-15)11-28-8-7-18-20(12-28)26-21(27-22(18)29)13-1-4-16(24)5-2-13/h1-6,9-10,25H,7-8,11-12,24H2,(H,26,27,29). The summed E-state index contributed by atoms with van der Waals surface area (Å²) >= 11 is 3.52. The van der Waals surface area contributed by atoms with Crippen molar-refractivity contribution >= 4 is 32.5 Å². The van der Waals surface area contributed by atoms with Gasteiger partial charge in [-0.25, -0.2) is 4.98 Å². The summed E-state index contributed by atoms with van der Waals surface area (Å²) in [4.78, 5) is 26.0. The van der Waals surface area contributed by atoms with Gasteiger partial charge in [0.25, 0.3) is 5.56 Å². The number of nitrogens with zero attached hydrogens (tertiary/aromatic N) is 2. The van der Waals surface area contributed by atoms with Gasteiger partial charge in [0.15, 0.2) is 0 Å². The van der Waals surface area contributed by atoms with E-state index >= 15 is 0 Å². The molecule has 0 fully saturated rings. The number of aromatic amines is 2. The molecule has 0 unspecified atom stereocenters. The Hall–Kier alpha value is -2.90. The van der Waals surface area contributed by atoms with Crippen molar-refractivity contribution in [3.63, 3.8) is 0 Å². The molecule has 0 saturated heterocycles. The molecule has 29 heavy (non-hydrogen) atoms. The van der Waals surface area contributed by atoms with Gasteiger partial charge in [0.2, 0.25) is 0 Å². The first kappa shape index (κ1) is 18.1. The number of benzene rings is 2. The van der Waals surface area contributed by atoms with Crippen molar-refractivity contribution in [1.29, 1.82) is 0 Å². The van der Waals surface area contributed by atoms with Gasteiger partial charge in [-0.1, -0.05) is 22.0 Å². The first-order valence-corrected chi connectivity index (χ1v) is 10.3. The molecule has 2 aromatic carbocycles. The maximum atomic E-state index is 12.6. The van der Waals surface area contributed by atoms with Gasteiger partial charge in [-0.05, 0) is 48.4 Å². The molecular weight excluding hydrogens is 430 g/mol. The lowest BCUT2D eigenvalue weighted by molar-refractivity contribution is 0.241. The number of hydrogen-bond acceptors (Lipinski definition) is 4. The topological polar surface area (TPSA) is 90.8 Å². The highest BCUT2D eigenvalue weighted by Gasteiger charge is 2.22. The zero-order valence-corrected chi connectivity index (χ0v) is 17.3. The fourth-order valence-corrected chi connectivity index (χ4v) is 4.30. The molecule has 6 nitrogen and oxygen atoms in total. The third kappa shape index (κ3) is 3.47. The van der Waals surface area contributed by atoms with E-state index in [1.54, 1.807) is 0 Å². The van der Waals surface area contributed by atoms with E-state index in [0.717, 1.165) is 39.9 Å². The number of halogens is 1. The quantitative estimate of drug-likeness (QED) is 0.414. The van der Waals surface area contributed by atoms with Crippen molar-refractivity contribution in [2.24, 2.45) is 0 Å². The van der Waals surface area contributed by atoms with Gasteiger partial charge in [-0.15, -0.1) is 0 Å². The first-order chi connectivity index (χ1) is 14.1. The minimum Gasteiger partial charge on any atom is -0.399 e. The summed E-state index contributed by atoms with van der Waals surface area (Å²) in [6, 6.07) is 13.7. The predicted octanol–water partition coefficient (Wildman–Crippen LogP) is 3.82. The smallest absolute Gasteiger partial charge is 0.254 e. The highest BCUT2D eigenvalue weighted by molar-refractivity contribution is 9.10. The van der Waals surface area contributed by atoms with E-state index in [1.165, 1.54) is 10.9 Å². The van der Waals surface area contributed by atoms with Crippen LogP contribution in [0.25, 0.3) is 22.3 Å². The van der Waals surface area contributed by atoms with E-state index < -0.39 is 0 Å². The maximum absolute atomic E-state index is 12.6. The molecule has 4 aromatic rings. The average molecular weight is 450 g/mol. The minimum absolute atomic E-state index is 0.0431. The summed E-state index contributed by atoms with van der Waals surface area (Å²) in [5.74, 6) is 0.590. The van der Waals surface area contributed by atoms with Crippen LogP contribution in [0.1, 0.15) is 16.8 Å². The van der Waals surface area contributed by atoms with Crippen LogP contribution in [0.5, 0.6) is 0 Å². The maximum Gasteiger partial charge on any atom is 0.254 e. The van der Waals surface area contributed by atoms with Gasteiger partial charge in [0.05, 0.1) is 5.69 Å². The zero-order valence-electron chi connectivity index (χ0n) is 15.7. The van der Waals surface area contributed by atoms with Crippen LogP contribution in [0.2, 0.25) is 0 Å². The molecule has 0 radical (unpaired) electrons. The summed E-state index contributed by atoms with van der Waals surface area (Å²) in [5, 5.41) is 1.22. The Kier molecular flexibility index (Phi) is 4.49. The predicted molar refractivity (Wildman–Crippen MR) is 119 cm³/mol. The number of hydrogen-bond donors (Lipinski definition) is 3. The van der Waals surface area contributed by atoms with E-state index in [2.05, 4.69) is 55.2 Å². The van der Waals surface area contributed by atoms with Crippen molar-refractivity contribution in [3.8, 4) is 11.4 Å². The van der Waals surface area contributed by atoms with Crippen molar-refractivity contribution < 1.29 is 0 Å². The molecular formula is C22H20BrN5O. The lowest BCUT2D eigenvalue weighted by Crippen LogP contribution is -2.35. The second kappa shape index (κ2) is 7.17. The van der Waals surface area contributed by atoms with Crippen LogP contribution in [-0.4, -0.2) is 26.4 Å². The molecule has 3 heterocycles. The molecule has 1 aliphatic rings. The van der Waals surface area contributed by atoms with Crippen molar-refractivity contribution in [2.45, 2.75) is 19.5 Å². The Balaban J connectivity index is 1.43. The molecule has 0 saturated carbocycles. The molecule has 7 heteroatoms. The van der Waals surface area contributed by atoms with Crippen LogP contribution < -0.4 is 11.3 Å². The number of aromatic nitrogens is 3. The van der Waals surface area contributed by atoms with Crippen LogP contribution in [0.3, 0.4) is 0 Å². The number of nitrogens with two attached hydrogens (primary N) is 1. The first-order valence-electron chi connectivity index (χ1n) is 9.53. The van der Waals surface area contributed by atoms with E-state index in [9.17, 15) is 4.79 Å². The van der Waals surface area contributed by atoms with Crippen LogP contribution in [-0.2, 0) is 19.5 Å². The molecule has 0 amide bonds. The highest BCUT2D eigenvalue weighted by atomic mass is 79.9. The fraction of sp³-hybridized carbons (Fsp3) is 0.182. The number of nitrogen functional groups attached to an aromatic ring is 1. The molecule has 0 bridgehead atoms. The Bertz CT molecular complexity index is 1260. The number of anilines is 1. The van der Waals surface area contributed by atoms with E-state index in [4.69, 9.17) is 10.7 Å². The van der Waals surface area contributed by atoms with Crippen molar-refractivity contribution in [2.75, 3.05) is 12.3 Å². The van der Waals surface area contributed by atoms with Gasteiger partial charge < -0.3 is 15.7 Å². The van der Waals surface area contributed by atoms with Gasteiger partial charge >= 0.3 is 0 Å². The number of nitrogens with one attached hydrogen (secondary N) is 2. The molecule has 4 N–H and O–H groups in total. The normalized spacial score (nSPS) is 14.2. The van der Waals surface area contributed by atoms with E-state index in [-0.39, 0.29) is 5.56 Å². The summed E-state index contributed by atoms with van der Waals surface area (Å²) < 4.78 is 1.06. The Morgan fingerprint density at radius 1 is 1.17 bits per heavy atom. The molecule has 5 rings (SSSR count). The number of H-pyrrole nitrogens is 2.